The number of nitrogens with two attached hydrogens (primary N) is 1. The number of aromatic carboxylic acids is 1. The molecule has 0 aromatic carbocycles. The zero-order chi connectivity index (χ0) is 14.4. The van der Waals surface area contributed by atoms with E-state index in [0.717, 1.165) is 0 Å². The number of carbonyl (C=O) groups excluding carboxylic acids is 2. The Morgan fingerprint density at radius 2 is 2.21 bits per heavy atom. The second-order valence-corrected chi connectivity index (χ2v) is 3.82. The third kappa shape index (κ3) is 4.66. The van der Waals surface area contributed by atoms with Crippen LogP contribution in [0.2, 0.25) is 0 Å². The average molecular weight is 269 g/mol. The predicted molar refractivity (Wildman–Crippen MR) is 64.4 cm³/mol. The monoisotopic (exact) mass is 269 g/mol. The summed E-state index contributed by atoms with van der Waals surface area (Å²) in [6.45, 7) is 2.15. The highest BCUT2D eigenvalue weighted by Crippen LogP contribution is 1.95. The minimum absolute atomic E-state index is 0.0601. The van der Waals surface area contributed by atoms with Gasteiger partial charge in [-0.25, -0.2) is 14.6 Å². The number of imidazole rings is 1. The highest BCUT2D eigenvalue weighted by molar-refractivity contribution is 5.86. The Morgan fingerprint density at radius 1 is 1.53 bits per heavy atom. The predicted octanol–water partition coefficient (Wildman–Crippen LogP) is -1.25. The highest BCUT2D eigenvalue weighted by atomic mass is 16.4. The van der Waals surface area contributed by atoms with E-state index in [0.29, 0.717) is 6.54 Å². The lowest BCUT2D eigenvalue weighted by Gasteiger charge is -2.12. The maximum absolute atomic E-state index is 11.5. The molecule has 1 aromatic rings. The quantitative estimate of drug-likeness (QED) is 0.511. The normalized spacial score (nSPS) is 11.6. The van der Waals surface area contributed by atoms with Crippen molar-refractivity contribution >= 4 is 17.9 Å². The third-order valence-electron chi connectivity index (χ3n) is 2.27. The van der Waals surface area contributed by atoms with E-state index in [1.165, 1.54) is 24.0 Å². The summed E-state index contributed by atoms with van der Waals surface area (Å²) in [5.41, 5.74) is 4.82. The van der Waals surface area contributed by atoms with Crippen LogP contribution in [0.15, 0.2) is 12.5 Å². The van der Waals surface area contributed by atoms with Crippen LogP contribution in [0.5, 0.6) is 0 Å². The number of amides is 3. The maximum Gasteiger partial charge on any atom is 0.356 e. The first-order valence-corrected chi connectivity index (χ1v) is 5.49. The Labute approximate surface area is 108 Å². The topological polar surface area (TPSA) is 139 Å². The van der Waals surface area contributed by atoms with Crippen LogP contribution in [-0.4, -0.2) is 45.2 Å². The van der Waals surface area contributed by atoms with Crippen molar-refractivity contribution in [2.24, 2.45) is 5.73 Å². The van der Waals surface area contributed by atoms with Crippen molar-refractivity contribution in [1.29, 1.82) is 0 Å². The van der Waals surface area contributed by atoms with Gasteiger partial charge in [-0.05, 0) is 6.92 Å². The van der Waals surface area contributed by atoms with Gasteiger partial charge in [0.05, 0.1) is 6.33 Å². The number of carbonyl (C=O) groups is 3. The van der Waals surface area contributed by atoms with Gasteiger partial charge in [0.2, 0.25) is 5.91 Å². The largest absolute Gasteiger partial charge is 0.476 e. The summed E-state index contributed by atoms with van der Waals surface area (Å²) in [6.07, 6.45) is 2.72. The number of nitrogens with zero attached hydrogens (tertiary/aromatic N) is 2. The molecule has 9 heteroatoms. The molecular formula is C10H15N5O4. The summed E-state index contributed by atoms with van der Waals surface area (Å²) >= 11 is 0. The molecule has 1 heterocycles. The van der Waals surface area contributed by atoms with Crippen LogP contribution in [0.3, 0.4) is 0 Å². The van der Waals surface area contributed by atoms with E-state index in [1.54, 1.807) is 0 Å². The Balaban J connectivity index is 2.35. The molecule has 5 N–H and O–H groups in total. The highest BCUT2D eigenvalue weighted by Gasteiger charge is 2.13. The van der Waals surface area contributed by atoms with Gasteiger partial charge < -0.3 is 26.0 Å². The number of rotatable bonds is 6. The standard InChI is InChI=1S/C10H15N5O4/c1-6(14-10(11)19)8(16)12-2-3-15-4-7(9(17)18)13-5-15/h4-6H,2-3H2,1H3,(H,12,16)(H,17,18)(H3,11,14,19). The summed E-state index contributed by atoms with van der Waals surface area (Å²) in [5, 5.41) is 13.5. The maximum atomic E-state index is 11.5. The van der Waals surface area contributed by atoms with E-state index >= 15 is 0 Å². The number of carboxylic acid groups (broad SMARTS) is 1. The van der Waals surface area contributed by atoms with Gasteiger partial charge in [0.25, 0.3) is 0 Å². The van der Waals surface area contributed by atoms with Crippen molar-refractivity contribution in [1.82, 2.24) is 20.2 Å². The fourth-order valence-electron chi connectivity index (χ4n) is 1.33. The zero-order valence-electron chi connectivity index (χ0n) is 10.3. The van der Waals surface area contributed by atoms with Gasteiger partial charge in [0, 0.05) is 19.3 Å². The van der Waals surface area contributed by atoms with Gasteiger partial charge in [0.1, 0.15) is 6.04 Å². The minimum Gasteiger partial charge on any atom is -0.476 e. The van der Waals surface area contributed by atoms with Gasteiger partial charge in [-0.3, -0.25) is 4.79 Å². The van der Waals surface area contributed by atoms with Crippen molar-refractivity contribution < 1.29 is 19.5 Å². The SMILES string of the molecule is CC(NC(N)=O)C(=O)NCCn1cnc(C(=O)O)c1. The van der Waals surface area contributed by atoms with Crippen LogP contribution >= 0.6 is 0 Å². The molecule has 0 aliphatic carbocycles. The Bertz CT molecular complexity index is 484. The van der Waals surface area contributed by atoms with Crippen molar-refractivity contribution in [3.05, 3.63) is 18.2 Å². The van der Waals surface area contributed by atoms with E-state index in [9.17, 15) is 14.4 Å². The number of nitrogens with one attached hydrogen (secondary N) is 2. The molecule has 104 valence electrons. The molecule has 1 atom stereocenters. The van der Waals surface area contributed by atoms with Crippen LogP contribution in [0.25, 0.3) is 0 Å². The molecule has 1 aromatic heterocycles. The van der Waals surface area contributed by atoms with Gasteiger partial charge in [0.15, 0.2) is 5.69 Å². The average Bonchev–Trinajstić information content (AvgIpc) is 2.76. The van der Waals surface area contributed by atoms with E-state index in [-0.39, 0.29) is 18.1 Å². The first kappa shape index (κ1) is 14.5. The molecular weight excluding hydrogens is 254 g/mol. The Morgan fingerprint density at radius 3 is 2.74 bits per heavy atom. The Hall–Kier alpha value is -2.58. The molecule has 9 nitrogen and oxygen atoms in total. The van der Waals surface area contributed by atoms with Gasteiger partial charge in [-0.2, -0.15) is 0 Å². The fourth-order valence-corrected chi connectivity index (χ4v) is 1.33. The molecule has 0 fully saturated rings. The number of aromatic nitrogens is 2. The number of hydrogen-bond acceptors (Lipinski definition) is 4. The van der Waals surface area contributed by atoms with E-state index < -0.39 is 18.0 Å². The molecule has 1 unspecified atom stereocenters. The van der Waals surface area contributed by atoms with E-state index in [4.69, 9.17) is 10.8 Å². The van der Waals surface area contributed by atoms with Crippen molar-refractivity contribution in [2.45, 2.75) is 19.5 Å². The van der Waals surface area contributed by atoms with E-state index in [1.807, 2.05) is 0 Å². The second kappa shape index (κ2) is 6.38. The van der Waals surface area contributed by atoms with E-state index in [2.05, 4.69) is 15.6 Å². The molecule has 0 spiro atoms. The van der Waals surface area contributed by atoms with Gasteiger partial charge in [-0.15, -0.1) is 0 Å². The molecule has 0 saturated heterocycles. The second-order valence-electron chi connectivity index (χ2n) is 3.82. The summed E-state index contributed by atoms with van der Waals surface area (Å²) in [7, 11) is 0. The molecule has 0 saturated carbocycles. The molecule has 0 aliphatic heterocycles. The smallest absolute Gasteiger partial charge is 0.356 e. The lowest BCUT2D eigenvalue weighted by atomic mass is 10.3. The number of carboxylic acids is 1. The van der Waals surface area contributed by atoms with Crippen molar-refractivity contribution in [3.8, 4) is 0 Å². The molecule has 0 aliphatic rings. The van der Waals surface area contributed by atoms with Crippen molar-refractivity contribution in [2.75, 3.05) is 6.54 Å². The Kier molecular flexibility index (Phi) is 4.86. The molecule has 1 rings (SSSR count). The molecule has 0 bridgehead atoms. The zero-order valence-corrected chi connectivity index (χ0v) is 10.3. The number of urea groups is 1. The van der Waals surface area contributed by atoms with Gasteiger partial charge in [-0.1, -0.05) is 0 Å². The summed E-state index contributed by atoms with van der Waals surface area (Å²) in [5.74, 6) is -1.49. The van der Waals surface area contributed by atoms with Crippen LogP contribution in [0, 0.1) is 0 Å². The number of hydrogen-bond donors (Lipinski definition) is 4. The van der Waals surface area contributed by atoms with Crippen LogP contribution in [-0.2, 0) is 11.3 Å². The fraction of sp³-hybridized carbons (Fsp3) is 0.400. The third-order valence-corrected chi connectivity index (χ3v) is 2.27. The summed E-state index contributed by atoms with van der Waals surface area (Å²) in [4.78, 5) is 36.3. The summed E-state index contributed by atoms with van der Waals surface area (Å²) in [6, 6.07) is -1.50. The van der Waals surface area contributed by atoms with Crippen molar-refractivity contribution in [3.63, 3.8) is 0 Å². The lowest BCUT2D eigenvalue weighted by Crippen LogP contribution is -2.47. The lowest BCUT2D eigenvalue weighted by molar-refractivity contribution is -0.122. The first-order valence-electron chi connectivity index (χ1n) is 5.49. The van der Waals surface area contributed by atoms with Gasteiger partial charge >= 0.3 is 12.0 Å². The minimum atomic E-state index is -1.11. The van der Waals surface area contributed by atoms with Crippen LogP contribution in [0.4, 0.5) is 4.79 Å². The molecule has 3 amide bonds. The van der Waals surface area contributed by atoms with Crippen LogP contribution in [0.1, 0.15) is 17.4 Å². The number of primary amides is 1. The first-order chi connectivity index (χ1) is 8.90. The van der Waals surface area contributed by atoms with Crippen LogP contribution < -0.4 is 16.4 Å². The molecule has 0 radical (unpaired) electrons. The molecule has 19 heavy (non-hydrogen) atoms. The summed E-state index contributed by atoms with van der Waals surface area (Å²) < 4.78 is 1.54.